The van der Waals surface area contributed by atoms with Gasteiger partial charge in [-0.15, -0.1) is 0 Å². The second-order valence-corrected chi connectivity index (χ2v) is 16.4. The molecule has 0 aromatic heterocycles. The van der Waals surface area contributed by atoms with Crippen molar-refractivity contribution in [3.8, 4) is 0 Å². The van der Waals surface area contributed by atoms with E-state index in [0.29, 0.717) is 11.1 Å². The topological polar surface area (TPSA) is 51.2 Å². The molecular weight excluding hydrogens is 408 g/mol. The zero-order chi connectivity index (χ0) is 21.9. The van der Waals surface area contributed by atoms with Gasteiger partial charge in [-0.25, -0.2) is 8.42 Å². The van der Waals surface area contributed by atoms with E-state index < -0.39 is 23.2 Å². The molecule has 156 valence electrons. The largest absolute Gasteiger partial charge is 0.292 e. The van der Waals surface area contributed by atoms with Gasteiger partial charge in [0.05, 0.1) is 4.90 Å². The molecule has 0 amide bonds. The maximum Gasteiger partial charge on any atom is 0.192 e. The van der Waals surface area contributed by atoms with Gasteiger partial charge in [-0.1, -0.05) is 91.9 Å². The van der Waals surface area contributed by atoms with E-state index in [1.807, 2.05) is 31.2 Å². The van der Waals surface area contributed by atoms with Crippen molar-refractivity contribution in [2.75, 3.05) is 0 Å². The molecule has 5 heteroatoms. The van der Waals surface area contributed by atoms with E-state index in [4.69, 9.17) is 0 Å². The summed E-state index contributed by atoms with van der Waals surface area (Å²) in [6, 6.07) is 23.7. The Bertz CT molecular complexity index is 1130. The molecule has 3 aromatic carbocycles. The molecule has 0 radical (unpaired) electrons. The first kappa shape index (κ1) is 22.2. The van der Waals surface area contributed by atoms with Gasteiger partial charge in [0.1, 0.15) is 0 Å². The van der Waals surface area contributed by atoms with Crippen LogP contribution in [0.1, 0.15) is 32.3 Å². The minimum Gasteiger partial charge on any atom is -0.292 e. The number of ketones is 1. The standard InChI is InChI=1S/C25H28O3SSi/c1-19-14-16-22(17-15-19)29(27,28)25(24(26)20-10-6-5-7-11-20)23-13-9-8-12-21(23)18-30(2,3)4/h5-17,25H,18H2,1-4H3. The maximum absolute atomic E-state index is 13.8. The maximum atomic E-state index is 13.8. The zero-order valence-corrected chi connectivity index (χ0v) is 19.7. The third kappa shape index (κ3) is 4.97. The Morgan fingerprint density at radius 3 is 2.00 bits per heavy atom. The van der Waals surface area contributed by atoms with Gasteiger partial charge in [0, 0.05) is 13.6 Å². The lowest BCUT2D eigenvalue weighted by atomic mass is 9.99. The van der Waals surface area contributed by atoms with Crippen molar-refractivity contribution in [1.82, 2.24) is 0 Å². The van der Waals surface area contributed by atoms with Gasteiger partial charge < -0.3 is 0 Å². The molecule has 3 rings (SSSR count). The molecule has 1 atom stereocenters. The second-order valence-electron chi connectivity index (χ2n) is 8.90. The number of Topliss-reactive ketones (excluding diaryl/α,β-unsaturated/α-hetero) is 1. The lowest BCUT2D eigenvalue weighted by molar-refractivity contribution is 0.0986. The normalized spacial score (nSPS) is 13.1. The van der Waals surface area contributed by atoms with Gasteiger partial charge in [0.25, 0.3) is 0 Å². The van der Waals surface area contributed by atoms with Gasteiger partial charge in [0.2, 0.25) is 0 Å². The van der Waals surface area contributed by atoms with Crippen LogP contribution in [0.15, 0.2) is 83.8 Å². The Balaban J connectivity index is 2.22. The fourth-order valence-corrected chi connectivity index (χ4v) is 6.82. The van der Waals surface area contributed by atoms with E-state index in [1.54, 1.807) is 54.6 Å². The summed E-state index contributed by atoms with van der Waals surface area (Å²) < 4.78 is 27.5. The van der Waals surface area contributed by atoms with Gasteiger partial charge >= 0.3 is 0 Å². The fraction of sp³-hybridized carbons (Fsp3) is 0.240. The second kappa shape index (κ2) is 8.70. The summed E-state index contributed by atoms with van der Waals surface area (Å²) >= 11 is 0. The van der Waals surface area contributed by atoms with Crippen LogP contribution in [0, 0.1) is 6.92 Å². The molecule has 0 aliphatic rings. The summed E-state index contributed by atoms with van der Waals surface area (Å²) in [5.41, 5.74) is 2.91. The van der Waals surface area contributed by atoms with Crippen LogP contribution in [0.3, 0.4) is 0 Å². The Morgan fingerprint density at radius 2 is 1.40 bits per heavy atom. The molecule has 3 nitrogen and oxygen atoms in total. The number of aryl methyl sites for hydroxylation is 1. The van der Waals surface area contributed by atoms with E-state index in [0.717, 1.165) is 17.2 Å². The van der Waals surface area contributed by atoms with E-state index in [2.05, 4.69) is 19.6 Å². The van der Waals surface area contributed by atoms with Crippen molar-refractivity contribution in [2.45, 2.75) is 42.8 Å². The minimum absolute atomic E-state index is 0.171. The predicted octanol–water partition coefficient (Wildman–Crippen LogP) is 5.81. The average Bonchev–Trinajstić information content (AvgIpc) is 2.69. The molecule has 0 saturated heterocycles. The third-order valence-corrected chi connectivity index (χ3v) is 8.47. The minimum atomic E-state index is -3.93. The van der Waals surface area contributed by atoms with Crippen LogP contribution in [0.2, 0.25) is 19.6 Å². The summed E-state index contributed by atoms with van der Waals surface area (Å²) in [6.07, 6.45) is 0. The van der Waals surface area contributed by atoms with Crippen LogP contribution in [0.5, 0.6) is 0 Å². The van der Waals surface area contributed by atoms with Gasteiger partial charge in [-0.2, -0.15) is 0 Å². The number of carbonyl (C=O) groups excluding carboxylic acids is 1. The number of carbonyl (C=O) groups is 1. The quantitative estimate of drug-likeness (QED) is 0.347. The first-order valence-corrected chi connectivity index (χ1v) is 15.3. The Hall–Kier alpha value is -2.50. The molecule has 0 aliphatic carbocycles. The van der Waals surface area contributed by atoms with Crippen molar-refractivity contribution in [1.29, 1.82) is 0 Å². The monoisotopic (exact) mass is 436 g/mol. The molecule has 0 spiro atoms. The summed E-state index contributed by atoms with van der Waals surface area (Å²) in [7, 11) is -5.47. The summed E-state index contributed by atoms with van der Waals surface area (Å²) in [6.45, 7) is 8.64. The lowest BCUT2D eigenvalue weighted by Crippen LogP contribution is -2.28. The third-order valence-electron chi connectivity index (χ3n) is 5.01. The van der Waals surface area contributed by atoms with Crippen LogP contribution in [-0.2, 0) is 15.9 Å². The van der Waals surface area contributed by atoms with Crippen LogP contribution < -0.4 is 0 Å². The van der Waals surface area contributed by atoms with Gasteiger partial charge in [0.15, 0.2) is 20.9 Å². The average molecular weight is 437 g/mol. The molecule has 0 heterocycles. The van der Waals surface area contributed by atoms with Crippen molar-refractivity contribution in [3.63, 3.8) is 0 Å². The van der Waals surface area contributed by atoms with E-state index >= 15 is 0 Å². The lowest BCUT2D eigenvalue weighted by Gasteiger charge is -2.23. The Kier molecular flexibility index (Phi) is 6.43. The molecule has 0 saturated carbocycles. The smallest absolute Gasteiger partial charge is 0.192 e. The van der Waals surface area contributed by atoms with Crippen LogP contribution >= 0.6 is 0 Å². The SMILES string of the molecule is Cc1ccc(S(=O)(=O)C(C(=O)c2ccccc2)c2ccccc2C[Si](C)(C)C)cc1. The fourth-order valence-electron chi connectivity index (χ4n) is 3.59. The zero-order valence-electron chi connectivity index (χ0n) is 17.9. The molecule has 3 aromatic rings. The molecule has 1 unspecified atom stereocenters. The number of benzene rings is 3. The van der Waals surface area contributed by atoms with Gasteiger partial charge in [-0.05, 0) is 36.2 Å². The number of sulfone groups is 1. The molecule has 0 aliphatic heterocycles. The highest BCUT2D eigenvalue weighted by atomic mass is 32.2. The van der Waals surface area contributed by atoms with Crippen molar-refractivity contribution < 1.29 is 13.2 Å². The molecule has 0 N–H and O–H groups in total. The van der Waals surface area contributed by atoms with Crippen molar-refractivity contribution in [3.05, 3.63) is 101 Å². The van der Waals surface area contributed by atoms with E-state index in [1.165, 1.54) is 0 Å². The molecular formula is C25H28O3SSi. The van der Waals surface area contributed by atoms with Gasteiger partial charge in [-0.3, -0.25) is 4.79 Å². The highest BCUT2D eigenvalue weighted by Gasteiger charge is 2.37. The summed E-state index contributed by atoms with van der Waals surface area (Å²) in [4.78, 5) is 13.8. The molecule has 30 heavy (non-hydrogen) atoms. The predicted molar refractivity (Wildman–Crippen MR) is 125 cm³/mol. The summed E-state index contributed by atoms with van der Waals surface area (Å²) in [5.74, 6) is -0.390. The van der Waals surface area contributed by atoms with Crippen LogP contribution in [0.4, 0.5) is 0 Å². The number of hydrogen-bond acceptors (Lipinski definition) is 3. The van der Waals surface area contributed by atoms with Crippen LogP contribution in [-0.4, -0.2) is 22.3 Å². The number of hydrogen-bond donors (Lipinski definition) is 0. The highest BCUT2D eigenvalue weighted by Crippen LogP contribution is 2.35. The molecule has 0 bridgehead atoms. The van der Waals surface area contributed by atoms with Crippen molar-refractivity contribution in [2.24, 2.45) is 0 Å². The first-order valence-electron chi connectivity index (χ1n) is 10.1. The Labute approximate surface area is 180 Å². The molecule has 0 fully saturated rings. The van der Waals surface area contributed by atoms with Crippen LogP contribution in [0.25, 0.3) is 0 Å². The summed E-state index contributed by atoms with van der Waals surface area (Å²) in [5, 5.41) is -1.27. The Morgan fingerprint density at radius 1 is 0.833 bits per heavy atom. The first-order chi connectivity index (χ1) is 14.1. The van der Waals surface area contributed by atoms with Crippen molar-refractivity contribution >= 4 is 23.7 Å². The van der Waals surface area contributed by atoms with E-state index in [9.17, 15) is 13.2 Å². The van der Waals surface area contributed by atoms with E-state index in [-0.39, 0.29) is 10.7 Å². The number of rotatable bonds is 7. The highest BCUT2D eigenvalue weighted by molar-refractivity contribution is 7.92.